The molecule has 0 unspecified atom stereocenters. The molecule has 3 atom stereocenters. The molecular weight excluding hydrogens is 362 g/mol. The van der Waals surface area contributed by atoms with E-state index in [1.54, 1.807) is 12.3 Å². The zero-order valence-corrected chi connectivity index (χ0v) is 16.0. The monoisotopic (exact) mass is 385 g/mol. The number of benzene rings is 2. The van der Waals surface area contributed by atoms with Gasteiger partial charge in [0, 0.05) is 24.3 Å². The normalized spacial score (nSPS) is 22.5. The maximum atomic E-state index is 13.2. The number of aliphatic hydroxyl groups excluding tert-OH is 1. The van der Waals surface area contributed by atoms with Gasteiger partial charge in [-0.05, 0) is 47.4 Å². The van der Waals surface area contributed by atoms with Gasteiger partial charge in [-0.1, -0.05) is 42.5 Å². The van der Waals surface area contributed by atoms with Gasteiger partial charge in [0.15, 0.2) is 0 Å². The summed E-state index contributed by atoms with van der Waals surface area (Å²) in [5, 5.41) is 13.5. The Labute approximate surface area is 170 Å². The van der Waals surface area contributed by atoms with Gasteiger partial charge in [-0.2, -0.15) is 0 Å². The molecule has 1 fully saturated rings. The zero-order valence-electron chi connectivity index (χ0n) is 16.0. The van der Waals surface area contributed by atoms with E-state index in [1.165, 1.54) is 0 Å². The second-order valence-corrected chi connectivity index (χ2v) is 7.71. The van der Waals surface area contributed by atoms with E-state index in [4.69, 9.17) is 0 Å². The number of aliphatic hydroxyl groups is 1. The first-order valence-corrected chi connectivity index (χ1v) is 10.0. The smallest absolute Gasteiger partial charge is 0.272 e. The lowest BCUT2D eigenvalue weighted by Crippen LogP contribution is -2.43. The van der Waals surface area contributed by atoms with Crippen molar-refractivity contribution in [1.82, 2.24) is 9.88 Å². The minimum absolute atomic E-state index is 0.0483. The number of carbonyl (C=O) groups is 1. The Balaban J connectivity index is 1.58. The van der Waals surface area contributed by atoms with Gasteiger partial charge >= 0.3 is 0 Å². The number of fused-ring (bicyclic) bond motifs is 3. The summed E-state index contributed by atoms with van der Waals surface area (Å²) in [6.07, 6.45) is 2.51. The summed E-state index contributed by atoms with van der Waals surface area (Å²) in [6.45, 7) is 0.713. The number of rotatable bonds is 3. The predicted molar refractivity (Wildman–Crippen MR) is 112 cm³/mol. The number of carbonyl (C=O) groups excluding carboxylic acids is 1. The molecule has 2 aliphatic heterocycles. The van der Waals surface area contributed by atoms with E-state index in [0.717, 1.165) is 28.8 Å². The molecule has 3 heterocycles. The number of anilines is 1. The van der Waals surface area contributed by atoms with E-state index in [9.17, 15) is 9.90 Å². The molecule has 146 valence electrons. The molecule has 1 aromatic heterocycles. The van der Waals surface area contributed by atoms with E-state index >= 15 is 0 Å². The summed E-state index contributed by atoms with van der Waals surface area (Å²) in [6, 6.07) is 21.9. The van der Waals surface area contributed by atoms with Crippen LogP contribution in [0.3, 0.4) is 0 Å². The number of hydrogen-bond donors (Lipinski definition) is 2. The molecule has 5 rings (SSSR count). The topological polar surface area (TPSA) is 65.5 Å². The van der Waals surface area contributed by atoms with Crippen molar-refractivity contribution in [3.05, 3.63) is 84.2 Å². The molecule has 0 saturated carbocycles. The highest BCUT2D eigenvalue weighted by atomic mass is 16.3. The summed E-state index contributed by atoms with van der Waals surface area (Å²) < 4.78 is 0. The average Bonchev–Trinajstić information content (AvgIpc) is 3.24. The molecule has 5 heteroatoms. The Morgan fingerprint density at radius 2 is 1.90 bits per heavy atom. The van der Waals surface area contributed by atoms with E-state index < -0.39 is 0 Å². The minimum atomic E-state index is -0.0680. The largest absolute Gasteiger partial charge is 0.394 e. The molecule has 0 aliphatic carbocycles. The molecule has 0 radical (unpaired) electrons. The van der Waals surface area contributed by atoms with Crippen LogP contribution in [0.2, 0.25) is 0 Å². The van der Waals surface area contributed by atoms with Crippen molar-refractivity contribution in [2.75, 3.05) is 18.5 Å². The van der Waals surface area contributed by atoms with Gasteiger partial charge in [-0.3, -0.25) is 9.78 Å². The number of likely N-dealkylation sites (tertiary alicyclic amines) is 1. The van der Waals surface area contributed by atoms with Crippen LogP contribution in [0.15, 0.2) is 72.9 Å². The van der Waals surface area contributed by atoms with Crippen LogP contribution in [0.25, 0.3) is 11.1 Å². The number of amides is 1. The van der Waals surface area contributed by atoms with Gasteiger partial charge < -0.3 is 15.3 Å². The summed E-state index contributed by atoms with van der Waals surface area (Å²) >= 11 is 0. The summed E-state index contributed by atoms with van der Waals surface area (Å²) in [7, 11) is 0. The van der Waals surface area contributed by atoms with Gasteiger partial charge in [0.1, 0.15) is 5.69 Å². The maximum absolute atomic E-state index is 13.2. The molecule has 2 aliphatic rings. The van der Waals surface area contributed by atoms with Crippen molar-refractivity contribution in [3.63, 3.8) is 0 Å². The highest BCUT2D eigenvalue weighted by Crippen LogP contribution is 2.47. The molecule has 5 nitrogen and oxygen atoms in total. The van der Waals surface area contributed by atoms with Crippen LogP contribution in [0.4, 0.5) is 5.69 Å². The first-order valence-electron chi connectivity index (χ1n) is 10.0. The third-order valence-electron chi connectivity index (χ3n) is 6.12. The Bertz CT molecular complexity index is 1020. The van der Waals surface area contributed by atoms with Crippen molar-refractivity contribution in [3.8, 4) is 11.1 Å². The third kappa shape index (κ3) is 3.08. The highest BCUT2D eigenvalue weighted by Gasteiger charge is 2.46. The number of hydrogen-bond acceptors (Lipinski definition) is 4. The summed E-state index contributed by atoms with van der Waals surface area (Å²) in [4.78, 5) is 19.4. The standard InChI is InChI=1S/C24H23N3O2/c28-15-22-18-11-13-27(24(29)21-8-4-5-12-25-21)23(18)19-14-17(9-10-20(19)26-22)16-6-2-1-3-7-16/h1-10,12,14,18,22-23,26,28H,11,13,15H2/t18-,22-,23-/m0/s1. The molecule has 0 bridgehead atoms. The summed E-state index contributed by atoms with van der Waals surface area (Å²) in [5.74, 6) is 0.124. The fraction of sp³-hybridized carbons (Fsp3) is 0.250. The van der Waals surface area contributed by atoms with Gasteiger partial charge in [0.05, 0.1) is 18.7 Å². The van der Waals surface area contributed by atoms with E-state index in [1.807, 2.05) is 35.2 Å². The van der Waals surface area contributed by atoms with Gasteiger partial charge in [0.25, 0.3) is 5.91 Å². The number of pyridine rings is 1. The average molecular weight is 385 g/mol. The lowest BCUT2D eigenvalue weighted by atomic mass is 9.82. The second kappa shape index (κ2) is 7.33. The van der Waals surface area contributed by atoms with Crippen molar-refractivity contribution in [2.45, 2.75) is 18.5 Å². The third-order valence-corrected chi connectivity index (χ3v) is 6.12. The number of nitrogens with one attached hydrogen (secondary N) is 1. The Hall–Kier alpha value is -3.18. The van der Waals surface area contributed by atoms with Gasteiger partial charge in [-0.25, -0.2) is 0 Å². The number of nitrogens with zero attached hydrogens (tertiary/aromatic N) is 2. The van der Waals surface area contributed by atoms with Crippen LogP contribution < -0.4 is 5.32 Å². The maximum Gasteiger partial charge on any atom is 0.272 e. The van der Waals surface area contributed by atoms with Crippen LogP contribution in [0.1, 0.15) is 28.5 Å². The molecule has 3 aromatic rings. The van der Waals surface area contributed by atoms with Crippen LogP contribution in [-0.2, 0) is 0 Å². The second-order valence-electron chi connectivity index (χ2n) is 7.71. The SMILES string of the molecule is O=C(c1ccccn1)N1CC[C@H]2[C@H](CO)Nc3ccc(-c4ccccc4)cc3[C@H]21. The van der Waals surface area contributed by atoms with Gasteiger partial charge in [-0.15, -0.1) is 0 Å². The highest BCUT2D eigenvalue weighted by molar-refractivity contribution is 5.93. The quantitative estimate of drug-likeness (QED) is 0.721. The molecule has 2 N–H and O–H groups in total. The zero-order chi connectivity index (χ0) is 19.8. The molecule has 29 heavy (non-hydrogen) atoms. The first-order chi connectivity index (χ1) is 14.3. The fourth-order valence-corrected chi connectivity index (χ4v) is 4.74. The predicted octanol–water partition coefficient (Wildman–Crippen LogP) is 3.74. The lowest BCUT2D eigenvalue weighted by Gasteiger charge is -2.39. The van der Waals surface area contributed by atoms with Crippen LogP contribution in [0.5, 0.6) is 0 Å². The molecular formula is C24H23N3O2. The first kappa shape index (κ1) is 17.9. The number of aromatic nitrogens is 1. The summed E-state index contributed by atoms with van der Waals surface area (Å²) in [5.41, 5.74) is 4.85. The van der Waals surface area contributed by atoms with E-state index in [-0.39, 0.29) is 30.5 Å². The van der Waals surface area contributed by atoms with Crippen LogP contribution >= 0.6 is 0 Å². The lowest BCUT2D eigenvalue weighted by molar-refractivity contribution is 0.0695. The molecule has 0 spiro atoms. The van der Waals surface area contributed by atoms with Crippen molar-refractivity contribution in [1.29, 1.82) is 0 Å². The fourth-order valence-electron chi connectivity index (χ4n) is 4.74. The molecule has 1 amide bonds. The minimum Gasteiger partial charge on any atom is -0.394 e. The van der Waals surface area contributed by atoms with Crippen molar-refractivity contribution in [2.24, 2.45) is 5.92 Å². The Morgan fingerprint density at radius 1 is 1.07 bits per heavy atom. The Morgan fingerprint density at radius 3 is 2.66 bits per heavy atom. The van der Waals surface area contributed by atoms with E-state index in [2.05, 4.69) is 40.6 Å². The molecule has 2 aromatic carbocycles. The van der Waals surface area contributed by atoms with Crippen molar-refractivity contribution < 1.29 is 9.90 Å². The molecule has 1 saturated heterocycles. The van der Waals surface area contributed by atoms with Gasteiger partial charge in [0.2, 0.25) is 0 Å². The van der Waals surface area contributed by atoms with E-state index in [0.29, 0.717) is 12.2 Å². The Kier molecular flexibility index (Phi) is 4.52. The van der Waals surface area contributed by atoms with Crippen LogP contribution in [0, 0.1) is 5.92 Å². The van der Waals surface area contributed by atoms with Crippen LogP contribution in [-0.4, -0.2) is 40.1 Å². The van der Waals surface area contributed by atoms with Crippen molar-refractivity contribution >= 4 is 11.6 Å².